The van der Waals surface area contributed by atoms with Gasteiger partial charge in [0.2, 0.25) is 0 Å². The molecule has 1 atom stereocenters. The molecule has 0 amide bonds. The molecule has 0 saturated carbocycles. The van der Waals surface area contributed by atoms with E-state index >= 15 is 0 Å². The maximum Gasteiger partial charge on any atom is 0.121 e. The Kier molecular flexibility index (Phi) is 6.00. The van der Waals surface area contributed by atoms with E-state index in [0.717, 1.165) is 17.4 Å². The van der Waals surface area contributed by atoms with Gasteiger partial charge in [0.1, 0.15) is 5.94 Å². The third-order valence-corrected chi connectivity index (χ3v) is 1.95. The van der Waals surface area contributed by atoms with Crippen molar-refractivity contribution in [3.05, 3.63) is 6.08 Å². The van der Waals surface area contributed by atoms with Gasteiger partial charge in [-0.2, -0.15) is 0 Å². The molecule has 13 heavy (non-hydrogen) atoms. The Morgan fingerprint density at radius 1 is 1.54 bits per heavy atom. The highest BCUT2D eigenvalue weighted by atomic mass is 35.5. The topological polar surface area (TPSA) is 29.1 Å². The largest absolute Gasteiger partial charge is 0.331 e. The van der Waals surface area contributed by atoms with Gasteiger partial charge in [0, 0.05) is 19.0 Å². The van der Waals surface area contributed by atoms with E-state index in [1.807, 2.05) is 0 Å². The number of alkyl halides is 1. The molecule has 0 radical (unpaired) electrons. The van der Waals surface area contributed by atoms with Gasteiger partial charge in [-0.3, -0.25) is 5.32 Å². The van der Waals surface area contributed by atoms with Gasteiger partial charge < -0.3 is 4.48 Å². The Labute approximate surface area is 85.0 Å². The minimum absolute atomic E-state index is 0.0676. The number of carbonyl (C=O) groups excluding carboxylic acids is 1. The Bertz CT molecular complexity index is 183. The first-order chi connectivity index (χ1) is 5.95. The van der Waals surface area contributed by atoms with Crippen molar-refractivity contribution in [2.45, 2.75) is 11.9 Å². The second-order valence-corrected chi connectivity index (χ2v) is 4.53. The second kappa shape index (κ2) is 6.17. The summed E-state index contributed by atoms with van der Waals surface area (Å²) in [5.41, 5.74) is -0.0676. The predicted octanol–water partition coefficient (Wildman–Crippen LogP) is 0.625. The van der Waals surface area contributed by atoms with E-state index in [-0.39, 0.29) is 5.50 Å². The standard InChI is InChI=1S/C9H18ClN2O/c1-12(2,3)7-5-9(10)11-6-4-8-13/h4,9,11H,5-7H2,1-3H3/q+1. The van der Waals surface area contributed by atoms with Gasteiger partial charge in [-0.05, 0) is 0 Å². The monoisotopic (exact) mass is 205 g/mol. The number of nitrogens with one attached hydrogen (secondary N) is 1. The molecule has 0 aromatic carbocycles. The van der Waals surface area contributed by atoms with Gasteiger partial charge in [0.25, 0.3) is 0 Å². The molecule has 0 aliphatic carbocycles. The van der Waals surface area contributed by atoms with Gasteiger partial charge in [-0.25, -0.2) is 4.79 Å². The molecule has 0 rings (SSSR count). The van der Waals surface area contributed by atoms with Gasteiger partial charge in [0.05, 0.1) is 33.2 Å². The van der Waals surface area contributed by atoms with Crippen LogP contribution in [0, 0.1) is 0 Å². The third-order valence-electron chi connectivity index (χ3n) is 1.58. The summed E-state index contributed by atoms with van der Waals surface area (Å²) in [7, 11) is 6.36. The maximum atomic E-state index is 9.84. The fourth-order valence-corrected chi connectivity index (χ4v) is 1.02. The molecule has 0 aliphatic rings. The Balaban J connectivity index is 3.51. The highest BCUT2D eigenvalue weighted by Crippen LogP contribution is 2.01. The number of quaternary nitrogens is 1. The lowest BCUT2D eigenvalue weighted by Crippen LogP contribution is -2.38. The summed E-state index contributed by atoms with van der Waals surface area (Å²) in [6.07, 6.45) is 2.28. The first-order valence-electron chi connectivity index (χ1n) is 4.33. The quantitative estimate of drug-likeness (QED) is 0.298. The van der Waals surface area contributed by atoms with Crippen molar-refractivity contribution in [2.75, 3.05) is 34.2 Å². The van der Waals surface area contributed by atoms with Gasteiger partial charge in [0.15, 0.2) is 0 Å². The molecular weight excluding hydrogens is 188 g/mol. The number of hydrogen-bond donors (Lipinski definition) is 1. The Morgan fingerprint density at radius 3 is 2.62 bits per heavy atom. The summed E-state index contributed by atoms with van der Waals surface area (Å²) in [4.78, 5) is 9.84. The molecule has 0 fully saturated rings. The van der Waals surface area contributed by atoms with Crippen LogP contribution in [0.4, 0.5) is 0 Å². The number of rotatable bonds is 6. The first kappa shape index (κ1) is 12.7. The van der Waals surface area contributed by atoms with Crippen LogP contribution >= 0.6 is 11.6 Å². The van der Waals surface area contributed by atoms with Crippen molar-refractivity contribution in [1.29, 1.82) is 0 Å². The van der Waals surface area contributed by atoms with Gasteiger partial charge in [-0.1, -0.05) is 0 Å². The van der Waals surface area contributed by atoms with Crippen LogP contribution in [0.1, 0.15) is 6.42 Å². The van der Waals surface area contributed by atoms with Crippen molar-refractivity contribution in [1.82, 2.24) is 5.32 Å². The smallest absolute Gasteiger partial charge is 0.121 e. The molecule has 0 aliphatic heterocycles. The lowest BCUT2D eigenvalue weighted by molar-refractivity contribution is -0.870. The molecule has 0 aromatic rings. The van der Waals surface area contributed by atoms with Crippen LogP contribution in [0.25, 0.3) is 0 Å². The molecule has 0 saturated heterocycles. The van der Waals surface area contributed by atoms with Crippen LogP contribution in [-0.4, -0.2) is 50.2 Å². The molecule has 0 bridgehead atoms. The van der Waals surface area contributed by atoms with E-state index in [1.165, 1.54) is 6.08 Å². The summed E-state index contributed by atoms with van der Waals surface area (Å²) in [5.74, 6) is 1.70. The van der Waals surface area contributed by atoms with E-state index in [9.17, 15) is 4.79 Å². The van der Waals surface area contributed by atoms with E-state index in [4.69, 9.17) is 11.6 Å². The average molecular weight is 206 g/mol. The molecule has 0 heterocycles. The second-order valence-electron chi connectivity index (χ2n) is 4.00. The lowest BCUT2D eigenvalue weighted by atomic mass is 10.3. The zero-order valence-electron chi connectivity index (χ0n) is 8.51. The SMILES string of the molecule is C[N+](C)(C)CCC(Cl)NCC=C=O. The van der Waals surface area contributed by atoms with Crippen LogP contribution in [0.3, 0.4) is 0 Å². The van der Waals surface area contributed by atoms with E-state index in [0.29, 0.717) is 6.54 Å². The van der Waals surface area contributed by atoms with E-state index < -0.39 is 0 Å². The van der Waals surface area contributed by atoms with Crippen molar-refractivity contribution >= 4 is 17.5 Å². The van der Waals surface area contributed by atoms with Gasteiger partial charge in [-0.15, -0.1) is 11.6 Å². The zero-order valence-corrected chi connectivity index (χ0v) is 9.27. The Morgan fingerprint density at radius 2 is 2.15 bits per heavy atom. The fraction of sp³-hybridized carbons (Fsp3) is 0.778. The summed E-state index contributed by atoms with van der Waals surface area (Å²) in [5, 5.41) is 2.99. The van der Waals surface area contributed by atoms with Crippen LogP contribution < -0.4 is 5.32 Å². The van der Waals surface area contributed by atoms with Crippen LogP contribution in [0.15, 0.2) is 6.08 Å². The van der Waals surface area contributed by atoms with Crippen molar-refractivity contribution in [3.63, 3.8) is 0 Å². The Hall–Kier alpha value is -0.340. The van der Waals surface area contributed by atoms with Crippen molar-refractivity contribution < 1.29 is 9.28 Å². The molecule has 4 heteroatoms. The molecule has 76 valence electrons. The van der Waals surface area contributed by atoms with E-state index in [1.54, 1.807) is 5.94 Å². The first-order valence-corrected chi connectivity index (χ1v) is 4.76. The number of hydrogen-bond acceptors (Lipinski definition) is 2. The van der Waals surface area contributed by atoms with Crippen molar-refractivity contribution in [3.8, 4) is 0 Å². The summed E-state index contributed by atoms with van der Waals surface area (Å²) in [6, 6.07) is 0. The predicted molar refractivity (Wildman–Crippen MR) is 55.4 cm³/mol. The third kappa shape index (κ3) is 9.57. The van der Waals surface area contributed by atoms with E-state index in [2.05, 4.69) is 26.5 Å². The van der Waals surface area contributed by atoms with Crippen LogP contribution in [0.2, 0.25) is 0 Å². The van der Waals surface area contributed by atoms with Crippen LogP contribution in [0.5, 0.6) is 0 Å². The zero-order chi connectivity index (χ0) is 10.3. The van der Waals surface area contributed by atoms with Crippen molar-refractivity contribution in [2.24, 2.45) is 0 Å². The van der Waals surface area contributed by atoms with Crippen LogP contribution in [-0.2, 0) is 4.79 Å². The summed E-state index contributed by atoms with van der Waals surface area (Å²) < 4.78 is 0.897. The normalized spacial score (nSPS) is 13.5. The highest BCUT2D eigenvalue weighted by molar-refractivity contribution is 6.20. The molecular formula is C9H18ClN2O+. The molecule has 1 unspecified atom stereocenters. The van der Waals surface area contributed by atoms with Gasteiger partial charge >= 0.3 is 0 Å². The number of halogens is 1. The lowest BCUT2D eigenvalue weighted by Gasteiger charge is -2.25. The fourth-order valence-electron chi connectivity index (χ4n) is 0.831. The molecule has 0 spiro atoms. The minimum Gasteiger partial charge on any atom is -0.331 e. The maximum absolute atomic E-state index is 9.84. The summed E-state index contributed by atoms with van der Waals surface area (Å²) >= 11 is 5.95. The summed E-state index contributed by atoms with van der Waals surface area (Å²) in [6.45, 7) is 1.50. The molecule has 3 nitrogen and oxygen atoms in total. The average Bonchev–Trinajstić information content (AvgIpc) is 2.00. The number of nitrogens with zero attached hydrogens (tertiary/aromatic N) is 1. The molecule has 0 aromatic heterocycles. The molecule has 1 N–H and O–H groups in total. The minimum atomic E-state index is -0.0676. The highest BCUT2D eigenvalue weighted by Gasteiger charge is 2.10.